The molecule has 0 bridgehead atoms. The number of nitro groups is 1. The van der Waals surface area contributed by atoms with Crippen molar-refractivity contribution in [2.75, 3.05) is 22.7 Å². The molecule has 146 valence electrons. The Morgan fingerprint density at radius 2 is 1.71 bits per heavy atom. The van der Waals surface area contributed by atoms with E-state index >= 15 is 0 Å². The molecule has 1 aliphatic heterocycles. The standard InChI is InChI=1S/C17H17N5O5S/c23-17-18-11-9-13(15(10-12(11)19-17)21-7-3-4-8-21)20-28(26,27)16-6-2-1-5-14(16)22(24)25/h1-2,5-6,9-10,20H,3-4,7-8H2,(H2,18,19,23). The van der Waals surface area contributed by atoms with E-state index in [0.29, 0.717) is 16.7 Å². The molecule has 0 amide bonds. The van der Waals surface area contributed by atoms with Crippen LogP contribution in [-0.4, -0.2) is 36.4 Å². The van der Waals surface area contributed by atoms with Gasteiger partial charge < -0.3 is 14.9 Å². The fourth-order valence-corrected chi connectivity index (χ4v) is 4.65. The number of hydrogen-bond donors (Lipinski definition) is 3. The second kappa shape index (κ2) is 6.68. The van der Waals surface area contributed by atoms with Crippen molar-refractivity contribution in [3.63, 3.8) is 0 Å². The first-order chi connectivity index (χ1) is 13.3. The van der Waals surface area contributed by atoms with E-state index in [-0.39, 0.29) is 5.69 Å². The van der Waals surface area contributed by atoms with Crippen LogP contribution in [0.15, 0.2) is 46.1 Å². The summed E-state index contributed by atoms with van der Waals surface area (Å²) in [7, 11) is -4.22. The first kappa shape index (κ1) is 18.0. The molecular weight excluding hydrogens is 386 g/mol. The first-order valence-corrected chi connectivity index (χ1v) is 10.1. The lowest BCUT2D eigenvalue weighted by molar-refractivity contribution is -0.387. The Hall–Kier alpha value is -3.34. The Balaban J connectivity index is 1.83. The Bertz CT molecular complexity index is 1220. The molecule has 1 aliphatic rings. The molecule has 1 fully saturated rings. The maximum absolute atomic E-state index is 12.9. The highest BCUT2D eigenvalue weighted by Gasteiger charge is 2.27. The maximum atomic E-state index is 12.9. The van der Waals surface area contributed by atoms with Crippen molar-refractivity contribution in [1.82, 2.24) is 9.97 Å². The normalized spacial score (nSPS) is 14.5. The number of aromatic nitrogens is 2. The third-order valence-electron chi connectivity index (χ3n) is 4.67. The highest BCUT2D eigenvalue weighted by molar-refractivity contribution is 7.92. The minimum atomic E-state index is -4.22. The van der Waals surface area contributed by atoms with Crippen molar-refractivity contribution in [1.29, 1.82) is 0 Å². The van der Waals surface area contributed by atoms with Gasteiger partial charge in [-0.25, -0.2) is 13.2 Å². The molecule has 28 heavy (non-hydrogen) atoms. The number of anilines is 2. The van der Waals surface area contributed by atoms with Crippen LogP contribution in [-0.2, 0) is 10.0 Å². The summed E-state index contributed by atoms with van der Waals surface area (Å²) in [6.07, 6.45) is 1.94. The van der Waals surface area contributed by atoms with Crippen molar-refractivity contribution >= 4 is 38.1 Å². The molecule has 10 nitrogen and oxygen atoms in total. The summed E-state index contributed by atoms with van der Waals surface area (Å²) < 4.78 is 28.3. The molecule has 1 saturated heterocycles. The number of aromatic amines is 2. The van der Waals surface area contributed by atoms with Crippen molar-refractivity contribution in [2.24, 2.45) is 0 Å². The van der Waals surface area contributed by atoms with Gasteiger partial charge in [-0.05, 0) is 31.0 Å². The molecule has 0 aliphatic carbocycles. The Kier molecular flexibility index (Phi) is 4.30. The molecule has 0 atom stereocenters. The number of imidazole rings is 1. The lowest BCUT2D eigenvalue weighted by Crippen LogP contribution is -2.21. The summed E-state index contributed by atoms with van der Waals surface area (Å²) in [6, 6.07) is 8.39. The van der Waals surface area contributed by atoms with Gasteiger partial charge in [0.15, 0.2) is 4.90 Å². The molecule has 11 heteroatoms. The zero-order chi connectivity index (χ0) is 19.9. The van der Waals surface area contributed by atoms with Crippen LogP contribution >= 0.6 is 0 Å². The van der Waals surface area contributed by atoms with Crippen molar-refractivity contribution in [2.45, 2.75) is 17.7 Å². The summed E-state index contributed by atoms with van der Waals surface area (Å²) in [6.45, 7) is 1.50. The number of nitro benzene ring substituents is 1. The van der Waals surface area contributed by atoms with Gasteiger partial charge in [0, 0.05) is 19.2 Å². The van der Waals surface area contributed by atoms with Gasteiger partial charge in [0.2, 0.25) is 0 Å². The Labute approximate surface area is 159 Å². The highest BCUT2D eigenvalue weighted by atomic mass is 32.2. The third kappa shape index (κ3) is 3.20. The molecule has 2 aromatic carbocycles. The zero-order valence-corrected chi connectivity index (χ0v) is 15.5. The third-order valence-corrected chi connectivity index (χ3v) is 6.09. The molecule has 0 unspecified atom stereocenters. The van der Waals surface area contributed by atoms with Crippen LogP contribution in [0.3, 0.4) is 0 Å². The zero-order valence-electron chi connectivity index (χ0n) is 14.6. The van der Waals surface area contributed by atoms with Crippen LogP contribution in [0.2, 0.25) is 0 Å². The second-order valence-electron chi connectivity index (χ2n) is 6.52. The largest absolute Gasteiger partial charge is 0.370 e. The molecule has 2 heterocycles. The van der Waals surface area contributed by atoms with Crippen LogP contribution in [0.1, 0.15) is 12.8 Å². The van der Waals surface area contributed by atoms with Gasteiger partial charge in [-0.3, -0.25) is 14.8 Å². The molecule has 3 N–H and O–H groups in total. The smallest absolute Gasteiger partial charge is 0.323 e. The quantitative estimate of drug-likeness (QED) is 0.440. The fraction of sp³-hybridized carbons (Fsp3) is 0.235. The monoisotopic (exact) mass is 403 g/mol. The molecule has 3 aromatic rings. The van der Waals surface area contributed by atoms with Gasteiger partial charge in [0.1, 0.15) is 0 Å². The summed E-state index contributed by atoms with van der Waals surface area (Å²) >= 11 is 0. The lowest BCUT2D eigenvalue weighted by Gasteiger charge is -2.22. The van der Waals surface area contributed by atoms with Crippen LogP contribution in [0.5, 0.6) is 0 Å². The number of fused-ring (bicyclic) bond motifs is 1. The van der Waals surface area contributed by atoms with Crippen molar-refractivity contribution in [3.8, 4) is 0 Å². The van der Waals surface area contributed by atoms with Crippen LogP contribution in [0, 0.1) is 10.1 Å². The summed E-state index contributed by atoms with van der Waals surface area (Å²) in [5.41, 5.74) is 0.953. The Morgan fingerprint density at radius 3 is 2.39 bits per heavy atom. The average Bonchev–Trinajstić information content (AvgIpc) is 3.29. The molecule has 0 saturated carbocycles. The summed E-state index contributed by atoms with van der Waals surface area (Å²) in [4.78, 5) is 29.0. The average molecular weight is 403 g/mol. The van der Waals surface area contributed by atoms with E-state index in [1.165, 1.54) is 24.3 Å². The van der Waals surface area contributed by atoms with E-state index in [0.717, 1.165) is 32.0 Å². The van der Waals surface area contributed by atoms with Gasteiger partial charge in [0.05, 0.1) is 27.3 Å². The minimum Gasteiger partial charge on any atom is -0.370 e. The van der Waals surface area contributed by atoms with Crippen molar-refractivity contribution in [3.05, 3.63) is 57.0 Å². The van der Waals surface area contributed by atoms with Gasteiger partial charge in [0.25, 0.3) is 15.7 Å². The van der Waals surface area contributed by atoms with E-state index < -0.39 is 31.2 Å². The first-order valence-electron chi connectivity index (χ1n) is 8.62. The predicted molar refractivity (Wildman–Crippen MR) is 104 cm³/mol. The van der Waals surface area contributed by atoms with E-state index in [1.807, 2.05) is 4.90 Å². The molecule has 4 rings (SSSR count). The molecule has 1 aromatic heterocycles. The number of hydrogen-bond acceptors (Lipinski definition) is 6. The van der Waals surface area contributed by atoms with E-state index in [1.54, 1.807) is 6.07 Å². The fourth-order valence-electron chi connectivity index (χ4n) is 3.41. The minimum absolute atomic E-state index is 0.253. The topological polar surface area (TPSA) is 141 Å². The van der Waals surface area contributed by atoms with Crippen LogP contribution in [0.4, 0.5) is 17.1 Å². The van der Waals surface area contributed by atoms with Gasteiger partial charge in [-0.2, -0.15) is 0 Å². The van der Waals surface area contributed by atoms with E-state index in [9.17, 15) is 23.3 Å². The number of nitrogens with zero attached hydrogens (tertiary/aromatic N) is 2. The van der Waals surface area contributed by atoms with Crippen LogP contribution < -0.4 is 15.3 Å². The van der Waals surface area contributed by atoms with Gasteiger partial charge in [-0.1, -0.05) is 12.1 Å². The van der Waals surface area contributed by atoms with Gasteiger partial charge in [-0.15, -0.1) is 0 Å². The van der Waals surface area contributed by atoms with E-state index in [4.69, 9.17) is 0 Å². The number of sulfonamides is 1. The highest BCUT2D eigenvalue weighted by Crippen LogP contribution is 2.34. The number of rotatable bonds is 5. The maximum Gasteiger partial charge on any atom is 0.323 e. The lowest BCUT2D eigenvalue weighted by atomic mass is 10.2. The number of nitrogens with one attached hydrogen (secondary N) is 3. The van der Waals surface area contributed by atoms with Gasteiger partial charge >= 0.3 is 5.69 Å². The van der Waals surface area contributed by atoms with E-state index in [2.05, 4.69) is 14.7 Å². The molecular formula is C17H17N5O5S. The Morgan fingerprint density at radius 1 is 1.07 bits per heavy atom. The SMILES string of the molecule is O=c1[nH]c2cc(NS(=O)(=O)c3ccccc3[N+](=O)[O-])c(N3CCCC3)cc2[nH]1. The predicted octanol–water partition coefficient (Wildman–Crippen LogP) is 2.17. The van der Waals surface area contributed by atoms with Crippen LogP contribution in [0.25, 0.3) is 11.0 Å². The number of para-hydroxylation sites is 1. The number of H-pyrrole nitrogens is 2. The van der Waals surface area contributed by atoms with Crippen molar-refractivity contribution < 1.29 is 13.3 Å². The molecule has 0 radical (unpaired) electrons. The summed E-state index contributed by atoms with van der Waals surface area (Å²) in [5.74, 6) is 0. The second-order valence-corrected chi connectivity index (χ2v) is 8.17. The summed E-state index contributed by atoms with van der Waals surface area (Å²) in [5, 5.41) is 11.2. The molecule has 0 spiro atoms. The number of benzene rings is 2.